The van der Waals surface area contributed by atoms with Crippen molar-refractivity contribution < 1.29 is 4.79 Å². The van der Waals surface area contributed by atoms with Crippen LogP contribution in [0.4, 0.5) is 0 Å². The first-order chi connectivity index (χ1) is 9.05. The summed E-state index contributed by atoms with van der Waals surface area (Å²) in [5, 5.41) is 2.90. The van der Waals surface area contributed by atoms with Crippen LogP contribution in [-0.4, -0.2) is 34.9 Å². The SMILES string of the molecule is CCN(CC(=O)NC(C)C)Cc1ccnc(CN)c1. The van der Waals surface area contributed by atoms with Crippen LogP contribution in [0, 0.1) is 0 Å². The topological polar surface area (TPSA) is 71.2 Å². The van der Waals surface area contributed by atoms with Crippen molar-refractivity contribution in [3.8, 4) is 0 Å². The van der Waals surface area contributed by atoms with Gasteiger partial charge in [-0.05, 0) is 38.1 Å². The number of likely N-dealkylation sites (N-methyl/N-ethyl adjacent to an activating group) is 1. The lowest BCUT2D eigenvalue weighted by Gasteiger charge is -2.21. The molecule has 0 saturated heterocycles. The summed E-state index contributed by atoms with van der Waals surface area (Å²) in [5.74, 6) is 0.0601. The highest BCUT2D eigenvalue weighted by Gasteiger charge is 2.10. The number of rotatable bonds is 7. The fourth-order valence-corrected chi connectivity index (χ4v) is 1.85. The van der Waals surface area contributed by atoms with E-state index in [0.29, 0.717) is 13.1 Å². The maximum Gasteiger partial charge on any atom is 0.234 e. The van der Waals surface area contributed by atoms with Gasteiger partial charge in [0.2, 0.25) is 5.91 Å². The van der Waals surface area contributed by atoms with Crippen LogP contribution in [-0.2, 0) is 17.9 Å². The van der Waals surface area contributed by atoms with Gasteiger partial charge in [-0.1, -0.05) is 6.92 Å². The summed E-state index contributed by atoms with van der Waals surface area (Å²) < 4.78 is 0. The van der Waals surface area contributed by atoms with E-state index in [4.69, 9.17) is 5.73 Å². The van der Waals surface area contributed by atoms with Gasteiger partial charge in [0.05, 0.1) is 12.2 Å². The summed E-state index contributed by atoms with van der Waals surface area (Å²) in [5.41, 5.74) is 7.59. The van der Waals surface area contributed by atoms with E-state index < -0.39 is 0 Å². The summed E-state index contributed by atoms with van der Waals surface area (Å²) in [7, 11) is 0. The van der Waals surface area contributed by atoms with Gasteiger partial charge in [0, 0.05) is 25.3 Å². The van der Waals surface area contributed by atoms with Crippen LogP contribution in [0.1, 0.15) is 32.0 Å². The molecule has 0 atom stereocenters. The monoisotopic (exact) mass is 264 g/mol. The number of carbonyl (C=O) groups is 1. The highest BCUT2D eigenvalue weighted by atomic mass is 16.2. The van der Waals surface area contributed by atoms with Gasteiger partial charge in [0.1, 0.15) is 0 Å². The minimum absolute atomic E-state index is 0.0601. The van der Waals surface area contributed by atoms with Crippen LogP contribution in [0.5, 0.6) is 0 Å². The minimum atomic E-state index is 0.0601. The molecule has 1 aromatic heterocycles. The normalized spacial score (nSPS) is 11.1. The van der Waals surface area contributed by atoms with Gasteiger partial charge in [-0.2, -0.15) is 0 Å². The third kappa shape index (κ3) is 5.81. The Bertz CT molecular complexity index is 406. The zero-order valence-corrected chi connectivity index (χ0v) is 12.0. The molecule has 0 bridgehead atoms. The highest BCUT2D eigenvalue weighted by molar-refractivity contribution is 5.78. The Morgan fingerprint density at radius 3 is 2.84 bits per heavy atom. The van der Waals surface area contributed by atoms with Crippen LogP contribution in [0.15, 0.2) is 18.3 Å². The number of nitrogens with one attached hydrogen (secondary N) is 1. The van der Waals surface area contributed by atoms with Gasteiger partial charge < -0.3 is 11.1 Å². The molecule has 1 aromatic rings. The largest absolute Gasteiger partial charge is 0.353 e. The lowest BCUT2D eigenvalue weighted by atomic mass is 10.2. The molecule has 106 valence electrons. The molecule has 5 heteroatoms. The van der Waals surface area contributed by atoms with Crippen molar-refractivity contribution in [2.45, 2.75) is 39.9 Å². The molecule has 0 radical (unpaired) electrons. The Labute approximate surface area is 115 Å². The van der Waals surface area contributed by atoms with E-state index in [-0.39, 0.29) is 11.9 Å². The quantitative estimate of drug-likeness (QED) is 0.767. The van der Waals surface area contributed by atoms with Crippen molar-refractivity contribution in [1.29, 1.82) is 0 Å². The Hall–Kier alpha value is -1.46. The summed E-state index contributed by atoms with van der Waals surface area (Å²) in [6, 6.07) is 4.13. The Balaban J connectivity index is 2.58. The van der Waals surface area contributed by atoms with Crippen molar-refractivity contribution in [2.75, 3.05) is 13.1 Å². The van der Waals surface area contributed by atoms with Crippen LogP contribution < -0.4 is 11.1 Å². The van der Waals surface area contributed by atoms with E-state index in [1.807, 2.05) is 32.9 Å². The molecule has 1 rings (SSSR count). The molecule has 1 amide bonds. The molecule has 0 aromatic carbocycles. The zero-order valence-electron chi connectivity index (χ0n) is 12.0. The number of carbonyl (C=O) groups excluding carboxylic acids is 1. The number of nitrogens with zero attached hydrogens (tertiary/aromatic N) is 2. The van der Waals surface area contributed by atoms with Crippen molar-refractivity contribution in [1.82, 2.24) is 15.2 Å². The van der Waals surface area contributed by atoms with Gasteiger partial charge in [-0.25, -0.2) is 0 Å². The molecular weight excluding hydrogens is 240 g/mol. The fourth-order valence-electron chi connectivity index (χ4n) is 1.85. The summed E-state index contributed by atoms with van der Waals surface area (Å²) in [4.78, 5) is 18.0. The van der Waals surface area contributed by atoms with E-state index in [2.05, 4.69) is 15.2 Å². The summed E-state index contributed by atoms with van der Waals surface area (Å²) in [6.45, 7) is 8.38. The molecule has 0 saturated carbocycles. The number of amides is 1. The number of hydrogen-bond acceptors (Lipinski definition) is 4. The first-order valence-corrected chi connectivity index (χ1v) is 6.70. The van der Waals surface area contributed by atoms with E-state index in [1.54, 1.807) is 6.20 Å². The number of pyridine rings is 1. The highest BCUT2D eigenvalue weighted by Crippen LogP contribution is 2.05. The molecule has 0 unspecified atom stereocenters. The maximum atomic E-state index is 11.8. The van der Waals surface area contributed by atoms with E-state index in [0.717, 1.165) is 24.3 Å². The third-order valence-electron chi connectivity index (χ3n) is 2.76. The third-order valence-corrected chi connectivity index (χ3v) is 2.76. The first-order valence-electron chi connectivity index (χ1n) is 6.70. The van der Waals surface area contributed by atoms with Crippen LogP contribution in [0.3, 0.4) is 0 Å². The smallest absolute Gasteiger partial charge is 0.234 e. The fraction of sp³-hybridized carbons (Fsp3) is 0.571. The standard InChI is InChI=1S/C14H24N4O/c1-4-18(10-14(19)17-11(2)3)9-12-5-6-16-13(7-12)8-15/h5-7,11H,4,8-10,15H2,1-3H3,(H,17,19). The minimum Gasteiger partial charge on any atom is -0.353 e. The van der Waals surface area contributed by atoms with Crippen LogP contribution in [0.2, 0.25) is 0 Å². The first kappa shape index (κ1) is 15.6. The molecule has 19 heavy (non-hydrogen) atoms. The predicted molar refractivity (Wildman–Crippen MR) is 76.4 cm³/mol. The molecule has 0 fully saturated rings. The molecule has 0 spiro atoms. The van der Waals surface area contributed by atoms with Gasteiger partial charge in [0.15, 0.2) is 0 Å². The zero-order chi connectivity index (χ0) is 14.3. The maximum absolute atomic E-state index is 11.8. The van der Waals surface area contributed by atoms with Gasteiger partial charge in [-0.15, -0.1) is 0 Å². The second-order valence-electron chi connectivity index (χ2n) is 4.89. The molecule has 1 heterocycles. The van der Waals surface area contributed by atoms with Crippen molar-refractivity contribution in [3.63, 3.8) is 0 Å². The molecule has 0 aliphatic rings. The van der Waals surface area contributed by atoms with E-state index >= 15 is 0 Å². The second-order valence-corrected chi connectivity index (χ2v) is 4.89. The molecule has 0 aliphatic carbocycles. The number of aromatic nitrogens is 1. The van der Waals surface area contributed by atoms with Crippen LogP contribution >= 0.6 is 0 Å². The summed E-state index contributed by atoms with van der Waals surface area (Å²) in [6.07, 6.45) is 1.76. The average molecular weight is 264 g/mol. The van der Waals surface area contributed by atoms with Gasteiger partial charge >= 0.3 is 0 Å². The van der Waals surface area contributed by atoms with Crippen LogP contribution in [0.25, 0.3) is 0 Å². The molecule has 5 nitrogen and oxygen atoms in total. The Kier molecular flexibility index (Phi) is 6.45. The van der Waals surface area contributed by atoms with E-state index in [1.165, 1.54) is 0 Å². The van der Waals surface area contributed by atoms with Crippen molar-refractivity contribution in [3.05, 3.63) is 29.6 Å². The lowest BCUT2D eigenvalue weighted by molar-refractivity contribution is -0.122. The number of hydrogen-bond donors (Lipinski definition) is 2. The predicted octanol–water partition coefficient (Wildman–Crippen LogP) is 0.887. The Morgan fingerprint density at radius 2 is 2.26 bits per heavy atom. The summed E-state index contributed by atoms with van der Waals surface area (Å²) >= 11 is 0. The molecule has 0 aliphatic heterocycles. The van der Waals surface area contributed by atoms with Crippen molar-refractivity contribution >= 4 is 5.91 Å². The average Bonchev–Trinajstić information content (AvgIpc) is 2.37. The van der Waals surface area contributed by atoms with Gasteiger partial charge in [-0.3, -0.25) is 14.7 Å². The molecule has 3 N–H and O–H groups in total. The Morgan fingerprint density at radius 1 is 1.53 bits per heavy atom. The van der Waals surface area contributed by atoms with Gasteiger partial charge in [0.25, 0.3) is 0 Å². The second kappa shape index (κ2) is 7.86. The molecular formula is C14H24N4O. The lowest BCUT2D eigenvalue weighted by Crippen LogP contribution is -2.39. The van der Waals surface area contributed by atoms with E-state index in [9.17, 15) is 4.79 Å². The van der Waals surface area contributed by atoms with Crippen molar-refractivity contribution in [2.24, 2.45) is 5.73 Å². The number of nitrogens with two attached hydrogens (primary N) is 1.